The number of hydrogen-bond acceptors (Lipinski definition) is 1. The first-order valence-electron chi connectivity index (χ1n) is 7.19. The van der Waals surface area contributed by atoms with Crippen molar-refractivity contribution in [3.8, 4) is 0 Å². The first kappa shape index (κ1) is 15.2. The van der Waals surface area contributed by atoms with Gasteiger partial charge in [0.05, 0.1) is 0 Å². The average Bonchev–Trinajstić information content (AvgIpc) is 2.37. The van der Waals surface area contributed by atoms with Crippen LogP contribution >= 0.6 is 0 Å². The standard InChI is InChI=1S/C17H28N/c1-4-8-16(12-14-18)17(2,3)13-11-15-9-6-5-7-10-15/h5-7,9-10H,4,8,11-14,18H2,1-3H3. The summed E-state index contributed by atoms with van der Waals surface area (Å²) in [5.74, 6) is 1.64. The third-order valence-electron chi connectivity index (χ3n) is 3.84. The SMILES string of the molecule is CCC[C](CCN)C(C)(C)CCc1ccccc1. The summed E-state index contributed by atoms with van der Waals surface area (Å²) in [6.07, 6.45) is 5.90. The van der Waals surface area contributed by atoms with Crippen LogP contribution in [0.15, 0.2) is 30.3 Å². The van der Waals surface area contributed by atoms with Crippen molar-refractivity contribution in [1.29, 1.82) is 0 Å². The molecule has 0 heterocycles. The second kappa shape index (κ2) is 7.58. The van der Waals surface area contributed by atoms with Crippen molar-refractivity contribution in [1.82, 2.24) is 0 Å². The van der Waals surface area contributed by atoms with E-state index in [-0.39, 0.29) is 0 Å². The van der Waals surface area contributed by atoms with Gasteiger partial charge in [-0.05, 0) is 49.1 Å². The minimum atomic E-state index is 0.311. The first-order valence-corrected chi connectivity index (χ1v) is 7.19. The molecule has 0 fully saturated rings. The predicted molar refractivity (Wildman–Crippen MR) is 80.4 cm³/mol. The highest BCUT2D eigenvalue weighted by Crippen LogP contribution is 2.38. The van der Waals surface area contributed by atoms with Crippen molar-refractivity contribution in [2.45, 2.75) is 52.9 Å². The quantitative estimate of drug-likeness (QED) is 0.724. The second-order valence-corrected chi connectivity index (χ2v) is 5.76. The van der Waals surface area contributed by atoms with E-state index in [1.165, 1.54) is 24.8 Å². The van der Waals surface area contributed by atoms with E-state index in [2.05, 4.69) is 51.1 Å². The van der Waals surface area contributed by atoms with E-state index < -0.39 is 0 Å². The van der Waals surface area contributed by atoms with Crippen molar-refractivity contribution in [2.75, 3.05) is 6.54 Å². The molecule has 0 saturated carbocycles. The smallest absolute Gasteiger partial charge is 0.00716 e. The topological polar surface area (TPSA) is 26.0 Å². The lowest BCUT2D eigenvalue weighted by Gasteiger charge is -2.34. The molecule has 1 heteroatoms. The van der Waals surface area contributed by atoms with Crippen LogP contribution in [0.3, 0.4) is 0 Å². The molecule has 0 aliphatic carbocycles. The molecule has 0 bridgehead atoms. The molecule has 1 aromatic rings. The van der Waals surface area contributed by atoms with Gasteiger partial charge in [0.15, 0.2) is 0 Å². The van der Waals surface area contributed by atoms with Crippen LogP contribution in [0, 0.1) is 11.3 Å². The van der Waals surface area contributed by atoms with Gasteiger partial charge >= 0.3 is 0 Å². The Morgan fingerprint density at radius 1 is 1.11 bits per heavy atom. The van der Waals surface area contributed by atoms with Crippen LogP contribution < -0.4 is 5.73 Å². The average molecular weight is 246 g/mol. The Labute approximate surface area is 113 Å². The maximum atomic E-state index is 5.74. The molecule has 0 aliphatic rings. The molecule has 101 valence electrons. The third-order valence-corrected chi connectivity index (χ3v) is 3.84. The molecular weight excluding hydrogens is 218 g/mol. The van der Waals surface area contributed by atoms with E-state index in [4.69, 9.17) is 5.73 Å². The molecule has 1 rings (SSSR count). The van der Waals surface area contributed by atoms with E-state index in [1.54, 1.807) is 5.92 Å². The van der Waals surface area contributed by atoms with E-state index in [9.17, 15) is 0 Å². The fourth-order valence-electron chi connectivity index (χ4n) is 2.56. The zero-order chi connectivity index (χ0) is 13.4. The van der Waals surface area contributed by atoms with E-state index in [1.807, 2.05) is 0 Å². The summed E-state index contributed by atoms with van der Waals surface area (Å²) in [6.45, 7) is 7.78. The lowest BCUT2D eigenvalue weighted by Crippen LogP contribution is -2.25. The van der Waals surface area contributed by atoms with Gasteiger partial charge in [-0.2, -0.15) is 0 Å². The molecule has 1 radical (unpaired) electrons. The summed E-state index contributed by atoms with van der Waals surface area (Å²) < 4.78 is 0. The second-order valence-electron chi connectivity index (χ2n) is 5.76. The monoisotopic (exact) mass is 246 g/mol. The maximum absolute atomic E-state index is 5.74. The Hall–Kier alpha value is -0.820. The fraction of sp³-hybridized carbons (Fsp3) is 0.588. The van der Waals surface area contributed by atoms with Gasteiger partial charge in [-0.25, -0.2) is 0 Å². The maximum Gasteiger partial charge on any atom is -0.00716 e. The molecule has 0 aliphatic heterocycles. The number of benzene rings is 1. The predicted octanol–water partition coefficient (Wildman–Crippen LogP) is 4.37. The van der Waals surface area contributed by atoms with Crippen molar-refractivity contribution >= 4 is 0 Å². The molecule has 0 atom stereocenters. The summed E-state index contributed by atoms with van der Waals surface area (Å²) >= 11 is 0. The fourth-order valence-corrected chi connectivity index (χ4v) is 2.56. The van der Waals surface area contributed by atoms with Crippen molar-refractivity contribution in [2.24, 2.45) is 11.1 Å². The zero-order valence-electron chi connectivity index (χ0n) is 12.2. The Morgan fingerprint density at radius 2 is 1.78 bits per heavy atom. The van der Waals surface area contributed by atoms with Crippen molar-refractivity contribution in [3.05, 3.63) is 41.8 Å². The third kappa shape index (κ3) is 4.81. The van der Waals surface area contributed by atoms with E-state index in [0.717, 1.165) is 19.4 Å². The Bertz CT molecular complexity index is 310. The van der Waals surface area contributed by atoms with Gasteiger partial charge in [-0.1, -0.05) is 57.5 Å². The molecule has 0 spiro atoms. The van der Waals surface area contributed by atoms with Crippen LogP contribution in [0.4, 0.5) is 0 Å². The summed E-state index contributed by atoms with van der Waals surface area (Å²) in [5, 5.41) is 0. The van der Waals surface area contributed by atoms with Crippen LogP contribution in [-0.4, -0.2) is 6.54 Å². The summed E-state index contributed by atoms with van der Waals surface area (Å²) in [6, 6.07) is 10.8. The Kier molecular flexibility index (Phi) is 6.42. The molecule has 1 nitrogen and oxygen atoms in total. The molecule has 0 amide bonds. The largest absolute Gasteiger partial charge is 0.330 e. The van der Waals surface area contributed by atoms with Gasteiger partial charge in [-0.3, -0.25) is 0 Å². The minimum absolute atomic E-state index is 0.311. The molecular formula is C17H28N. The van der Waals surface area contributed by atoms with Gasteiger partial charge in [0.1, 0.15) is 0 Å². The number of aryl methyl sites for hydroxylation is 1. The molecule has 0 saturated heterocycles. The van der Waals surface area contributed by atoms with E-state index >= 15 is 0 Å². The number of rotatable bonds is 8. The van der Waals surface area contributed by atoms with E-state index in [0.29, 0.717) is 5.41 Å². The molecule has 1 aromatic carbocycles. The lowest BCUT2D eigenvalue weighted by molar-refractivity contribution is 0.319. The molecule has 0 aromatic heterocycles. The van der Waals surface area contributed by atoms with Gasteiger partial charge < -0.3 is 5.73 Å². The van der Waals surface area contributed by atoms with Crippen LogP contribution in [-0.2, 0) is 6.42 Å². The highest BCUT2D eigenvalue weighted by Gasteiger charge is 2.28. The summed E-state index contributed by atoms with van der Waals surface area (Å²) in [5.41, 5.74) is 7.49. The van der Waals surface area contributed by atoms with Crippen LogP contribution in [0.2, 0.25) is 0 Å². The van der Waals surface area contributed by atoms with Gasteiger partial charge in [0, 0.05) is 0 Å². The van der Waals surface area contributed by atoms with Crippen LogP contribution in [0.5, 0.6) is 0 Å². The van der Waals surface area contributed by atoms with Gasteiger partial charge in [-0.15, -0.1) is 0 Å². The number of nitrogens with two attached hydrogens (primary N) is 1. The first-order chi connectivity index (χ1) is 8.60. The summed E-state index contributed by atoms with van der Waals surface area (Å²) in [4.78, 5) is 0. The van der Waals surface area contributed by atoms with Gasteiger partial charge in [0.2, 0.25) is 0 Å². The summed E-state index contributed by atoms with van der Waals surface area (Å²) in [7, 11) is 0. The molecule has 18 heavy (non-hydrogen) atoms. The highest BCUT2D eigenvalue weighted by atomic mass is 14.5. The van der Waals surface area contributed by atoms with Gasteiger partial charge in [0.25, 0.3) is 0 Å². The Balaban J connectivity index is 2.55. The Morgan fingerprint density at radius 3 is 2.33 bits per heavy atom. The van der Waals surface area contributed by atoms with Crippen molar-refractivity contribution < 1.29 is 0 Å². The molecule has 2 N–H and O–H groups in total. The van der Waals surface area contributed by atoms with Crippen LogP contribution in [0.25, 0.3) is 0 Å². The highest BCUT2D eigenvalue weighted by molar-refractivity contribution is 5.16. The van der Waals surface area contributed by atoms with Crippen LogP contribution in [0.1, 0.15) is 52.0 Å². The zero-order valence-corrected chi connectivity index (χ0v) is 12.2. The van der Waals surface area contributed by atoms with Crippen molar-refractivity contribution in [3.63, 3.8) is 0 Å². The lowest BCUT2D eigenvalue weighted by atomic mass is 9.71. The normalized spacial score (nSPS) is 12.1. The molecule has 0 unspecified atom stereocenters. The number of hydrogen-bond donors (Lipinski definition) is 1. The minimum Gasteiger partial charge on any atom is -0.330 e.